The summed E-state index contributed by atoms with van der Waals surface area (Å²) in [5.41, 5.74) is 1.34. The molecule has 3 rings (SSSR count). The fourth-order valence-corrected chi connectivity index (χ4v) is 5.03. The van der Waals surface area contributed by atoms with Crippen LogP contribution in [0.4, 0.5) is 0 Å². The molecule has 1 amide bonds. The van der Waals surface area contributed by atoms with Crippen molar-refractivity contribution >= 4 is 15.7 Å². The minimum atomic E-state index is -3.29. The maximum atomic E-state index is 12.8. The Morgan fingerprint density at radius 3 is 2.42 bits per heavy atom. The molecule has 2 aromatic rings. The molecule has 0 aliphatic carbocycles. The molecule has 1 aliphatic heterocycles. The molecular formula is C20H23NO4S. The zero-order valence-electron chi connectivity index (χ0n) is 14.8. The number of amides is 1. The molecule has 1 fully saturated rings. The molecule has 5 nitrogen and oxygen atoms in total. The summed E-state index contributed by atoms with van der Waals surface area (Å²) >= 11 is 0. The summed E-state index contributed by atoms with van der Waals surface area (Å²) in [6.45, 7) is 3.11. The molecule has 0 spiro atoms. The molecular weight excluding hydrogens is 350 g/mol. The van der Waals surface area contributed by atoms with E-state index in [0.29, 0.717) is 30.9 Å². The average Bonchev–Trinajstić information content (AvgIpc) is 2.81. The van der Waals surface area contributed by atoms with Crippen molar-refractivity contribution in [3.8, 4) is 5.75 Å². The van der Waals surface area contributed by atoms with Gasteiger partial charge in [-0.3, -0.25) is 4.79 Å². The number of sulfone groups is 1. The third-order valence-electron chi connectivity index (χ3n) is 4.61. The Kier molecular flexibility index (Phi) is 5.61. The number of ether oxygens (including phenoxy) is 1. The second-order valence-corrected chi connectivity index (χ2v) is 8.61. The monoisotopic (exact) mass is 373 g/mol. The summed E-state index contributed by atoms with van der Waals surface area (Å²) < 4.78 is 30.7. The topological polar surface area (TPSA) is 63.7 Å². The van der Waals surface area contributed by atoms with E-state index in [9.17, 15) is 13.2 Å². The highest BCUT2D eigenvalue weighted by atomic mass is 32.2. The van der Waals surface area contributed by atoms with Crippen LogP contribution in [0.5, 0.6) is 5.75 Å². The highest BCUT2D eigenvalue weighted by Gasteiger charge is 2.32. The van der Waals surface area contributed by atoms with Gasteiger partial charge in [0.15, 0.2) is 9.84 Å². The van der Waals surface area contributed by atoms with Crippen molar-refractivity contribution in [2.24, 2.45) is 0 Å². The van der Waals surface area contributed by atoms with Gasteiger partial charge in [-0.1, -0.05) is 30.3 Å². The molecule has 26 heavy (non-hydrogen) atoms. The van der Waals surface area contributed by atoms with Crippen LogP contribution in [0.25, 0.3) is 0 Å². The fourth-order valence-electron chi connectivity index (χ4n) is 3.23. The Hall–Kier alpha value is -2.34. The number of hydrogen-bond donors (Lipinski definition) is 0. The van der Waals surface area contributed by atoms with E-state index >= 15 is 0 Å². The average molecular weight is 373 g/mol. The van der Waals surface area contributed by atoms with Gasteiger partial charge in [-0.15, -0.1) is 0 Å². The molecule has 0 saturated carbocycles. The van der Waals surface area contributed by atoms with Crippen LogP contribution in [-0.4, -0.2) is 44.7 Å². The Bertz CT molecular complexity index is 847. The predicted molar refractivity (Wildman–Crippen MR) is 101 cm³/mol. The lowest BCUT2D eigenvalue weighted by Gasteiger charge is -2.20. The van der Waals surface area contributed by atoms with E-state index in [4.69, 9.17) is 4.74 Å². The third kappa shape index (κ3) is 4.07. The first-order chi connectivity index (χ1) is 12.5. The lowest BCUT2D eigenvalue weighted by Crippen LogP contribution is -2.33. The minimum Gasteiger partial charge on any atom is -0.494 e. The Balaban J connectivity index is 1.76. The number of hydrogen-bond acceptors (Lipinski definition) is 4. The van der Waals surface area contributed by atoms with E-state index in [1.807, 2.05) is 37.3 Å². The summed E-state index contributed by atoms with van der Waals surface area (Å²) in [6, 6.07) is 16.2. The molecule has 138 valence electrons. The number of benzene rings is 2. The van der Waals surface area contributed by atoms with Crippen molar-refractivity contribution in [3.05, 3.63) is 65.7 Å². The van der Waals surface area contributed by atoms with E-state index < -0.39 is 15.1 Å². The van der Waals surface area contributed by atoms with Crippen LogP contribution in [0.3, 0.4) is 0 Å². The number of carbonyl (C=O) groups excluding carboxylic acids is 1. The largest absolute Gasteiger partial charge is 0.494 e. The highest BCUT2D eigenvalue weighted by molar-refractivity contribution is 7.91. The van der Waals surface area contributed by atoms with E-state index in [1.165, 1.54) is 0 Å². The van der Waals surface area contributed by atoms with Crippen molar-refractivity contribution in [1.82, 2.24) is 4.90 Å². The zero-order chi connectivity index (χ0) is 18.6. The van der Waals surface area contributed by atoms with Crippen molar-refractivity contribution in [2.45, 2.75) is 18.6 Å². The van der Waals surface area contributed by atoms with Gasteiger partial charge < -0.3 is 9.64 Å². The van der Waals surface area contributed by atoms with E-state index in [-0.39, 0.29) is 18.2 Å². The van der Waals surface area contributed by atoms with Crippen LogP contribution in [0.1, 0.15) is 34.5 Å². The summed E-state index contributed by atoms with van der Waals surface area (Å²) in [6.07, 6.45) is 0.412. The fraction of sp³-hybridized carbons (Fsp3) is 0.350. The number of carbonyl (C=O) groups is 1. The molecule has 1 unspecified atom stereocenters. The maximum Gasteiger partial charge on any atom is 0.253 e. The van der Waals surface area contributed by atoms with Gasteiger partial charge in [-0.25, -0.2) is 8.42 Å². The van der Waals surface area contributed by atoms with Gasteiger partial charge >= 0.3 is 0 Å². The van der Waals surface area contributed by atoms with Gasteiger partial charge in [0, 0.05) is 18.7 Å². The first-order valence-electron chi connectivity index (χ1n) is 8.80. The Morgan fingerprint density at radius 1 is 1.08 bits per heavy atom. The van der Waals surface area contributed by atoms with Crippen molar-refractivity contribution in [2.75, 3.05) is 25.4 Å². The summed E-state index contributed by atoms with van der Waals surface area (Å²) in [4.78, 5) is 14.4. The predicted octanol–water partition coefficient (Wildman–Crippen LogP) is 3.09. The molecule has 0 aromatic heterocycles. The van der Waals surface area contributed by atoms with Gasteiger partial charge in [-0.2, -0.15) is 0 Å². The van der Waals surface area contributed by atoms with Crippen LogP contribution in [0.2, 0.25) is 0 Å². The van der Waals surface area contributed by atoms with Crippen LogP contribution >= 0.6 is 0 Å². The van der Waals surface area contributed by atoms with Crippen LogP contribution in [0, 0.1) is 0 Å². The van der Waals surface area contributed by atoms with Gasteiger partial charge in [-0.05, 0) is 43.2 Å². The Morgan fingerprint density at radius 2 is 1.77 bits per heavy atom. The smallest absolute Gasteiger partial charge is 0.253 e. The molecule has 1 saturated heterocycles. The van der Waals surface area contributed by atoms with Gasteiger partial charge in [0.05, 0.1) is 17.6 Å². The van der Waals surface area contributed by atoms with Gasteiger partial charge in [0.2, 0.25) is 0 Å². The molecule has 0 N–H and O–H groups in total. The molecule has 0 bridgehead atoms. The second kappa shape index (κ2) is 7.91. The normalized spacial score (nSPS) is 19.6. The molecule has 1 atom stereocenters. The standard InChI is InChI=1S/C20H23NO4S/c1-2-25-18-10-8-17(9-11-18)20(22)21-13-12-19(26(23,24)15-14-21)16-6-4-3-5-7-16/h3-11,19H,2,12-15H2,1H3. The molecule has 0 radical (unpaired) electrons. The summed E-state index contributed by atoms with van der Waals surface area (Å²) in [5, 5.41) is -0.554. The Labute approximate surface area is 154 Å². The van der Waals surface area contributed by atoms with Crippen LogP contribution < -0.4 is 4.74 Å². The lowest BCUT2D eigenvalue weighted by atomic mass is 10.1. The van der Waals surface area contributed by atoms with Gasteiger partial charge in [0.25, 0.3) is 5.91 Å². The van der Waals surface area contributed by atoms with Crippen molar-refractivity contribution in [3.63, 3.8) is 0 Å². The summed E-state index contributed by atoms with van der Waals surface area (Å²) in [5.74, 6) is 0.554. The molecule has 1 heterocycles. The number of rotatable bonds is 4. The maximum absolute atomic E-state index is 12.8. The molecule has 6 heteroatoms. The van der Waals surface area contributed by atoms with Gasteiger partial charge in [0.1, 0.15) is 5.75 Å². The van der Waals surface area contributed by atoms with Crippen molar-refractivity contribution < 1.29 is 17.9 Å². The van der Waals surface area contributed by atoms with Crippen LogP contribution in [0.15, 0.2) is 54.6 Å². The molecule has 2 aromatic carbocycles. The van der Waals surface area contributed by atoms with E-state index in [1.54, 1.807) is 29.2 Å². The first kappa shape index (κ1) is 18.5. The van der Waals surface area contributed by atoms with E-state index in [0.717, 1.165) is 5.56 Å². The third-order valence-corrected chi connectivity index (χ3v) is 6.74. The first-order valence-corrected chi connectivity index (χ1v) is 10.5. The van der Waals surface area contributed by atoms with E-state index in [2.05, 4.69) is 0 Å². The van der Waals surface area contributed by atoms with Crippen molar-refractivity contribution in [1.29, 1.82) is 0 Å². The quantitative estimate of drug-likeness (QED) is 0.826. The SMILES string of the molecule is CCOc1ccc(C(=O)N2CCC(c3ccccc3)S(=O)(=O)CC2)cc1. The zero-order valence-corrected chi connectivity index (χ0v) is 15.6. The minimum absolute atomic E-state index is 0.0185. The van der Waals surface area contributed by atoms with Crippen LogP contribution in [-0.2, 0) is 9.84 Å². The second-order valence-electron chi connectivity index (χ2n) is 6.30. The number of nitrogens with zero attached hydrogens (tertiary/aromatic N) is 1. The summed E-state index contributed by atoms with van der Waals surface area (Å²) in [7, 11) is -3.29. The molecule has 1 aliphatic rings. The highest BCUT2D eigenvalue weighted by Crippen LogP contribution is 2.29. The lowest BCUT2D eigenvalue weighted by molar-refractivity contribution is 0.0766.